The Bertz CT molecular complexity index is 775. The Morgan fingerprint density at radius 1 is 1.10 bits per heavy atom. The number of ketones is 1. The topological polar surface area (TPSA) is 42.1 Å². The van der Waals surface area contributed by atoms with Gasteiger partial charge in [-0.3, -0.25) is 4.79 Å². The van der Waals surface area contributed by atoms with Crippen LogP contribution in [-0.2, 0) is 0 Å². The number of H-pyrrole nitrogens is 1. The Kier molecular flexibility index (Phi) is 3.20. The maximum absolute atomic E-state index is 12.4. The molecule has 3 rings (SSSR count). The maximum atomic E-state index is 12.4. The molecule has 20 heavy (non-hydrogen) atoms. The molecule has 1 N–H and O–H groups in total. The highest BCUT2D eigenvalue weighted by atomic mass is 35.5. The predicted molar refractivity (Wildman–Crippen MR) is 79.7 cm³/mol. The van der Waals surface area contributed by atoms with E-state index in [-0.39, 0.29) is 5.78 Å². The van der Waals surface area contributed by atoms with Crippen LogP contribution in [0.1, 0.15) is 16.1 Å². The first-order valence-electron chi connectivity index (χ1n) is 6.14. The summed E-state index contributed by atoms with van der Waals surface area (Å²) in [6.45, 7) is 0. The first kappa shape index (κ1) is 12.8. The smallest absolute Gasteiger partial charge is 0.209 e. The molecule has 0 radical (unpaired) electrons. The number of methoxy groups -OCH3 is 1. The number of nitrogens with one attached hydrogen (secondary N) is 1. The van der Waals surface area contributed by atoms with E-state index in [1.807, 2.05) is 24.3 Å². The van der Waals surface area contributed by atoms with Crippen LogP contribution < -0.4 is 4.74 Å². The van der Waals surface area contributed by atoms with Gasteiger partial charge in [-0.05, 0) is 42.5 Å². The molecule has 0 atom stereocenters. The molecule has 2 aromatic carbocycles. The molecule has 0 saturated heterocycles. The minimum atomic E-state index is -0.0585. The fourth-order valence-electron chi connectivity index (χ4n) is 2.11. The summed E-state index contributed by atoms with van der Waals surface area (Å²) in [6.07, 6.45) is 0. The molecule has 1 aromatic heterocycles. The Morgan fingerprint density at radius 3 is 2.55 bits per heavy atom. The zero-order valence-electron chi connectivity index (χ0n) is 10.8. The van der Waals surface area contributed by atoms with Gasteiger partial charge in [0.25, 0.3) is 0 Å². The third-order valence-corrected chi connectivity index (χ3v) is 3.43. The number of ether oxygens (including phenoxy) is 1. The molecule has 4 heteroatoms. The molecule has 0 saturated carbocycles. The Morgan fingerprint density at radius 2 is 1.85 bits per heavy atom. The van der Waals surface area contributed by atoms with Crippen molar-refractivity contribution in [3.63, 3.8) is 0 Å². The number of halogens is 1. The normalized spacial score (nSPS) is 10.7. The standard InChI is InChI=1S/C16H12ClNO2/c1-20-13-7-4-11-8-15(18-14(11)9-13)16(19)10-2-5-12(17)6-3-10/h2-9,18H,1H3. The minimum absolute atomic E-state index is 0.0585. The lowest BCUT2D eigenvalue weighted by atomic mass is 10.1. The number of aromatic nitrogens is 1. The summed E-state index contributed by atoms with van der Waals surface area (Å²) in [5.41, 5.74) is 2.03. The van der Waals surface area contributed by atoms with Crippen LogP contribution in [0, 0.1) is 0 Å². The van der Waals surface area contributed by atoms with E-state index < -0.39 is 0 Å². The van der Waals surface area contributed by atoms with Crippen LogP contribution in [0.4, 0.5) is 0 Å². The van der Waals surface area contributed by atoms with Crippen molar-refractivity contribution in [2.24, 2.45) is 0 Å². The van der Waals surface area contributed by atoms with Gasteiger partial charge in [0.15, 0.2) is 0 Å². The van der Waals surface area contributed by atoms with Crippen molar-refractivity contribution in [3.05, 3.63) is 64.8 Å². The Balaban J connectivity index is 2.01. The molecule has 3 nitrogen and oxygen atoms in total. The van der Waals surface area contributed by atoms with Crippen molar-refractivity contribution < 1.29 is 9.53 Å². The summed E-state index contributed by atoms with van der Waals surface area (Å²) in [6, 6.07) is 14.4. The molecule has 0 spiro atoms. The van der Waals surface area contributed by atoms with Crippen LogP contribution in [0.25, 0.3) is 10.9 Å². The number of carbonyl (C=O) groups is 1. The van der Waals surface area contributed by atoms with Crippen LogP contribution in [0.5, 0.6) is 5.75 Å². The van der Waals surface area contributed by atoms with Crippen LogP contribution in [-0.4, -0.2) is 17.9 Å². The van der Waals surface area contributed by atoms with E-state index in [0.717, 1.165) is 16.7 Å². The monoisotopic (exact) mass is 285 g/mol. The summed E-state index contributed by atoms with van der Waals surface area (Å²) >= 11 is 5.83. The van der Waals surface area contributed by atoms with Crippen LogP contribution in [0.15, 0.2) is 48.5 Å². The molecular weight excluding hydrogens is 274 g/mol. The molecule has 0 aliphatic rings. The van der Waals surface area contributed by atoms with Gasteiger partial charge in [-0.25, -0.2) is 0 Å². The van der Waals surface area contributed by atoms with E-state index in [1.165, 1.54) is 0 Å². The van der Waals surface area contributed by atoms with Gasteiger partial charge in [0.1, 0.15) is 5.75 Å². The summed E-state index contributed by atoms with van der Waals surface area (Å²) in [5, 5.41) is 1.59. The zero-order chi connectivity index (χ0) is 14.1. The van der Waals surface area contributed by atoms with Crippen molar-refractivity contribution in [1.29, 1.82) is 0 Å². The van der Waals surface area contributed by atoms with Gasteiger partial charge >= 0.3 is 0 Å². The highest BCUT2D eigenvalue weighted by Gasteiger charge is 2.12. The molecule has 0 bridgehead atoms. The van der Waals surface area contributed by atoms with Gasteiger partial charge in [-0.1, -0.05) is 11.6 Å². The number of hydrogen-bond donors (Lipinski definition) is 1. The van der Waals surface area contributed by atoms with E-state index in [1.54, 1.807) is 31.4 Å². The second-order valence-electron chi connectivity index (χ2n) is 4.47. The van der Waals surface area contributed by atoms with Crippen molar-refractivity contribution in [1.82, 2.24) is 4.98 Å². The van der Waals surface area contributed by atoms with Crippen LogP contribution in [0.2, 0.25) is 5.02 Å². The lowest BCUT2D eigenvalue weighted by molar-refractivity contribution is 0.103. The summed E-state index contributed by atoms with van der Waals surface area (Å²) in [7, 11) is 1.61. The van der Waals surface area contributed by atoms with E-state index in [4.69, 9.17) is 16.3 Å². The van der Waals surface area contributed by atoms with Crippen LogP contribution >= 0.6 is 11.6 Å². The molecule has 100 valence electrons. The lowest BCUT2D eigenvalue weighted by Crippen LogP contribution is -2.00. The molecule has 0 aliphatic heterocycles. The van der Waals surface area contributed by atoms with Crippen molar-refractivity contribution in [2.45, 2.75) is 0 Å². The molecule has 3 aromatic rings. The first-order valence-corrected chi connectivity index (χ1v) is 6.52. The third kappa shape index (κ3) is 2.28. The second kappa shape index (κ2) is 5.02. The van der Waals surface area contributed by atoms with Crippen LogP contribution in [0.3, 0.4) is 0 Å². The molecular formula is C16H12ClNO2. The average Bonchev–Trinajstić information content (AvgIpc) is 2.90. The fourth-order valence-corrected chi connectivity index (χ4v) is 2.24. The quantitative estimate of drug-likeness (QED) is 0.737. The van der Waals surface area contributed by atoms with Crippen molar-refractivity contribution in [3.8, 4) is 5.75 Å². The number of benzene rings is 2. The van der Waals surface area contributed by atoms with Gasteiger partial charge in [0, 0.05) is 27.6 Å². The SMILES string of the molecule is COc1ccc2cc(C(=O)c3ccc(Cl)cc3)[nH]c2c1. The number of aromatic amines is 1. The largest absolute Gasteiger partial charge is 0.497 e. The second-order valence-corrected chi connectivity index (χ2v) is 4.91. The van der Waals surface area contributed by atoms with E-state index in [9.17, 15) is 4.79 Å². The maximum Gasteiger partial charge on any atom is 0.209 e. The fraction of sp³-hybridized carbons (Fsp3) is 0.0625. The number of fused-ring (bicyclic) bond motifs is 1. The Hall–Kier alpha value is -2.26. The van der Waals surface area contributed by atoms with Gasteiger partial charge < -0.3 is 9.72 Å². The summed E-state index contributed by atoms with van der Waals surface area (Å²) in [5.74, 6) is 0.696. The van der Waals surface area contributed by atoms with Crippen molar-refractivity contribution in [2.75, 3.05) is 7.11 Å². The van der Waals surface area contributed by atoms with Gasteiger partial charge in [0.2, 0.25) is 5.78 Å². The highest BCUT2D eigenvalue weighted by Crippen LogP contribution is 2.22. The third-order valence-electron chi connectivity index (χ3n) is 3.18. The molecule has 0 fully saturated rings. The average molecular weight is 286 g/mol. The molecule has 1 heterocycles. The summed E-state index contributed by atoms with van der Waals surface area (Å²) < 4.78 is 5.17. The highest BCUT2D eigenvalue weighted by molar-refractivity contribution is 6.30. The Labute approximate surface area is 121 Å². The van der Waals surface area contributed by atoms with E-state index in [0.29, 0.717) is 16.3 Å². The van der Waals surface area contributed by atoms with Gasteiger partial charge in [-0.15, -0.1) is 0 Å². The number of rotatable bonds is 3. The van der Waals surface area contributed by atoms with E-state index in [2.05, 4.69) is 4.98 Å². The van der Waals surface area contributed by atoms with Gasteiger partial charge in [-0.2, -0.15) is 0 Å². The van der Waals surface area contributed by atoms with Gasteiger partial charge in [0.05, 0.1) is 12.8 Å². The zero-order valence-corrected chi connectivity index (χ0v) is 11.6. The number of carbonyl (C=O) groups excluding carboxylic acids is 1. The minimum Gasteiger partial charge on any atom is -0.497 e. The molecule has 0 unspecified atom stereocenters. The van der Waals surface area contributed by atoms with E-state index >= 15 is 0 Å². The van der Waals surface area contributed by atoms with Crippen molar-refractivity contribution >= 4 is 28.3 Å². The molecule has 0 aliphatic carbocycles. The molecule has 0 amide bonds. The lowest BCUT2D eigenvalue weighted by Gasteiger charge is -1.98. The predicted octanol–water partition coefficient (Wildman–Crippen LogP) is 4.06. The summed E-state index contributed by atoms with van der Waals surface area (Å²) in [4.78, 5) is 15.5. The first-order chi connectivity index (χ1) is 9.67. The number of hydrogen-bond acceptors (Lipinski definition) is 2.